The molecule has 0 saturated carbocycles. The van der Waals surface area contributed by atoms with E-state index in [-0.39, 0.29) is 23.0 Å². The van der Waals surface area contributed by atoms with Crippen molar-refractivity contribution in [3.05, 3.63) is 39.8 Å². The van der Waals surface area contributed by atoms with Gasteiger partial charge < -0.3 is 15.2 Å². The molecule has 0 spiro atoms. The van der Waals surface area contributed by atoms with E-state index in [1.807, 2.05) is 0 Å². The van der Waals surface area contributed by atoms with Crippen LogP contribution in [0, 0.1) is 17.0 Å². The summed E-state index contributed by atoms with van der Waals surface area (Å²) in [7, 11) is 0. The average Bonchev–Trinajstić information content (AvgIpc) is 2.77. The molecule has 2 rings (SSSR count). The Kier molecular flexibility index (Phi) is 2.72. The van der Waals surface area contributed by atoms with E-state index in [1.165, 1.54) is 19.2 Å². The molecule has 0 bridgehead atoms. The van der Waals surface area contributed by atoms with E-state index in [4.69, 9.17) is 5.11 Å². The average molecular weight is 249 g/mol. The minimum atomic E-state index is -1.13. The molecule has 0 aliphatic carbocycles. The number of carboxylic acid groups (broad SMARTS) is 1. The van der Waals surface area contributed by atoms with Crippen LogP contribution in [0.1, 0.15) is 16.1 Å². The van der Waals surface area contributed by atoms with Crippen LogP contribution in [-0.4, -0.2) is 35.7 Å². The Morgan fingerprint density at radius 2 is 2.28 bits per heavy atom. The number of carboxylic acids is 1. The van der Waals surface area contributed by atoms with Gasteiger partial charge in [0, 0.05) is 6.20 Å². The second kappa shape index (κ2) is 4.20. The molecule has 0 aliphatic rings. The summed E-state index contributed by atoms with van der Waals surface area (Å²) < 4.78 is 1.11. The van der Waals surface area contributed by atoms with E-state index >= 15 is 0 Å². The van der Waals surface area contributed by atoms with Gasteiger partial charge in [-0.25, -0.2) is 14.8 Å². The maximum absolute atomic E-state index is 10.8. The number of aryl methyl sites for hydroxylation is 1. The molecule has 0 aliphatic heterocycles. The summed E-state index contributed by atoms with van der Waals surface area (Å²) >= 11 is 0. The molecule has 2 aromatic rings. The largest absolute Gasteiger partial charge is 0.478 e. The van der Waals surface area contributed by atoms with Crippen molar-refractivity contribution in [1.82, 2.24) is 19.7 Å². The zero-order chi connectivity index (χ0) is 13.3. The van der Waals surface area contributed by atoms with Gasteiger partial charge in [-0.3, -0.25) is 0 Å². The van der Waals surface area contributed by atoms with Crippen molar-refractivity contribution in [2.75, 3.05) is 0 Å². The Morgan fingerprint density at radius 1 is 1.56 bits per heavy atom. The van der Waals surface area contributed by atoms with Gasteiger partial charge in [-0.15, -0.1) is 4.68 Å². The molecule has 1 N–H and O–H groups in total. The molecule has 0 saturated heterocycles. The molecule has 9 nitrogen and oxygen atoms in total. The number of aromatic carboxylic acids is 1. The van der Waals surface area contributed by atoms with Crippen LogP contribution >= 0.6 is 0 Å². The number of aromatic nitrogens is 4. The molecule has 0 unspecified atom stereocenters. The second-order valence-corrected chi connectivity index (χ2v) is 3.35. The quantitative estimate of drug-likeness (QED) is 0.622. The fourth-order valence-electron chi connectivity index (χ4n) is 1.30. The number of nitro groups is 1. The van der Waals surface area contributed by atoms with Crippen molar-refractivity contribution >= 4 is 11.8 Å². The van der Waals surface area contributed by atoms with E-state index in [2.05, 4.69) is 15.1 Å². The van der Waals surface area contributed by atoms with Crippen molar-refractivity contribution in [3.63, 3.8) is 0 Å². The molecule has 2 heterocycles. The van der Waals surface area contributed by atoms with Crippen molar-refractivity contribution in [3.8, 4) is 5.95 Å². The zero-order valence-corrected chi connectivity index (χ0v) is 9.14. The smallest absolute Gasteiger partial charge is 0.390 e. The molecule has 2 aromatic heterocycles. The van der Waals surface area contributed by atoms with Gasteiger partial charge in [0.15, 0.2) is 0 Å². The highest BCUT2D eigenvalue weighted by Gasteiger charge is 2.16. The van der Waals surface area contributed by atoms with Crippen LogP contribution in [0.25, 0.3) is 5.95 Å². The molecular weight excluding hydrogens is 242 g/mol. The van der Waals surface area contributed by atoms with Crippen LogP contribution in [0.4, 0.5) is 5.82 Å². The lowest BCUT2D eigenvalue weighted by Gasteiger charge is -2.00. The molecule has 9 heteroatoms. The standard InChI is InChI=1S/C9H7N5O4/c1-5-6(8(15)16)4-10-9(11-5)13-3-2-7(12-13)14(17)18/h2-4H,1H3,(H,15,16). The highest BCUT2D eigenvalue weighted by atomic mass is 16.6. The third-order valence-electron chi connectivity index (χ3n) is 2.16. The van der Waals surface area contributed by atoms with Gasteiger partial charge in [-0.1, -0.05) is 0 Å². The molecule has 0 atom stereocenters. The first-order valence-electron chi connectivity index (χ1n) is 4.76. The molecule has 0 radical (unpaired) electrons. The number of hydrogen-bond donors (Lipinski definition) is 1. The van der Waals surface area contributed by atoms with Crippen LogP contribution < -0.4 is 0 Å². The molecule has 18 heavy (non-hydrogen) atoms. The highest BCUT2D eigenvalue weighted by Crippen LogP contribution is 2.10. The lowest BCUT2D eigenvalue weighted by molar-refractivity contribution is -0.389. The second-order valence-electron chi connectivity index (χ2n) is 3.35. The van der Waals surface area contributed by atoms with Crippen LogP contribution in [0.5, 0.6) is 0 Å². The van der Waals surface area contributed by atoms with Crippen LogP contribution in [0.3, 0.4) is 0 Å². The van der Waals surface area contributed by atoms with Crippen LogP contribution in [0.2, 0.25) is 0 Å². The lowest BCUT2D eigenvalue weighted by atomic mass is 10.2. The Hall–Kier alpha value is -2.84. The third-order valence-corrected chi connectivity index (χ3v) is 2.16. The lowest BCUT2D eigenvalue weighted by Crippen LogP contribution is -2.08. The van der Waals surface area contributed by atoms with Crippen LogP contribution in [-0.2, 0) is 0 Å². The topological polar surface area (TPSA) is 124 Å². The third kappa shape index (κ3) is 2.00. The Bertz CT molecular complexity index is 636. The predicted molar refractivity (Wildman–Crippen MR) is 57.5 cm³/mol. The van der Waals surface area contributed by atoms with Gasteiger partial charge in [0.25, 0.3) is 5.95 Å². The van der Waals surface area contributed by atoms with E-state index in [0.29, 0.717) is 0 Å². The number of carbonyl (C=O) groups is 1. The SMILES string of the molecule is Cc1nc(-n2ccc([N+](=O)[O-])n2)ncc1C(=O)O. The van der Waals surface area contributed by atoms with Gasteiger partial charge in [0.05, 0.1) is 28.6 Å². The predicted octanol–water partition coefficient (Wildman–Crippen LogP) is 0.577. The van der Waals surface area contributed by atoms with Crippen molar-refractivity contribution in [1.29, 1.82) is 0 Å². The van der Waals surface area contributed by atoms with Gasteiger partial charge in [0.2, 0.25) is 0 Å². The van der Waals surface area contributed by atoms with E-state index in [1.54, 1.807) is 0 Å². The Labute approximate surface area is 99.9 Å². The van der Waals surface area contributed by atoms with Gasteiger partial charge in [-0.2, -0.15) is 0 Å². The summed E-state index contributed by atoms with van der Waals surface area (Å²) in [5, 5.41) is 22.9. The highest BCUT2D eigenvalue weighted by molar-refractivity contribution is 5.88. The first kappa shape index (κ1) is 11.6. The van der Waals surface area contributed by atoms with Gasteiger partial charge in [-0.05, 0) is 11.8 Å². The summed E-state index contributed by atoms with van der Waals surface area (Å²) in [6.07, 6.45) is 2.46. The van der Waals surface area contributed by atoms with Gasteiger partial charge in [0.1, 0.15) is 0 Å². The fourth-order valence-corrected chi connectivity index (χ4v) is 1.30. The van der Waals surface area contributed by atoms with Crippen molar-refractivity contribution in [2.24, 2.45) is 0 Å². The Balaban J connectivity index is 2.42. The zero-order valence-electron chi connectivity index (χ0n) is 9.14. The summed E-state index contributed by atoms with van der Waals surface area (Å²) in [5.41, 5.74) is 0.228. The fraction of sp³-hybridized carbons (Fsp3) is 0.111. The monoisotopic (exact) mass is 249 g/mol. The van der Waals surface area contributed by atoms with E-state index < -0.39 is 10.9 Å². The van der Waals surface area contributed by atoms with E-state index in [9.17, 15) is 14.9 Å². The normalized spacial score (nSPS) is 10.3. The van der Waals surface area contributed by atoms with Crippen molar-refractivity contribution < 1.29 is 14.8 Å². The maximum Gasteiger partial charge on any atom is 0.390 e. The summed E-state index contributed by atoms with van der Waals surface area (Å²) in [6, 6.07) is 1.20. The van der Waals surface area contributed by atoms with Crippen molar-refractivity contribution in [2.45, 2.75) is 6.92 Å². The first-order valence-corrected chi connectivity index (χ1v) is 4.76. The first-order chi connectivity index (χ1) is 8.49. The van der Waals surface area contributed by atoms with Crippen LogP contribution in [0.15, 0.2) is 18.5 Å². The molecule has 0 amide bonds. The van der Waals surface area contributed by atoms with E-state index in [0.717, 1.165) is 10.9 Å². The maximum atomic E-state index is 10.8. The molecule has 0 fully saturated rings. The Morgan fingerprint density at radius 3 is 2.78 bits per heavy atom. The summed E-state index contributed by atoms with van der Waals surface area (Å²) in [4.78, 5) is 28.3. The number of hydrogen-bond acceptors (Lipinski definition) is 6. The molecule has 0 aromatic carbocycles. The van der Waals surface area contributed by atoms with Gasteiger partial charge >= 0.3 is 11.8 Å². The molecule has 92 valence electrons. The minimum Gasteiger partial charge on any atom is -0.478 e. The number of nitrogens with zero attached hydrogens (tertiary/aromatic N) is 5. The molecular formula is C9H7N5O4. The minimum absolute atomic E-state index is 0.0274. The summed E-state index contributed by atoms with van der Waals surface area (Å²) in [5.74, 6) is -1.39. The number of rotatable bonds is 3. The summed E-state index contributed by atoms with van der Waals surface area (Å²) in [6.45, 7) is 1.51.